The molecule has 6 aromatic carbocycles. The maximum atomic E-state index is 6.60. The van der Waals surface area contributed by atoms with E-state index in [1.165, 1.54) is 89.9 Å². The molecule has 12 nitrogen and oxygen atoms in total. The van der Waals surface area contributed by atoms with Crippen molar-refractivity contribution in [3.05, 3.63) is 306 Å². The topological polar surface area (TPSA) is 152 Å². The summed E-state index contributed by atoms with van der Waals surface area (Å²) in [6.07, 6.45) is 56.0. The molecule has 10 heterocycles. The van der Waals surface area contributed by atoms with Crippen molar-refractivity contribution in [2.45, 2.75) is 182 Å². The average molecular weight is 1780 g/mol. The second kappa shape index (κ2) is 48.0. The summed E-state index contributed by atoms with van der Waals surface area (Å²) in [6.45, 7) is 11.1. The SMILES string of the molecule is C#Cc1cc(OCCCCCCCC)c(C#Cc2ccc(C#Cc3ccc(-c4c5nc(cc6ccc(cc7nc(cc8ccc4[nH]8)C=C7)[nH]6)C=C5)cc3)c(C#CC#Cc3cc(C#Cc4cc(OCCCCCCCC)c(C#C)cc4OCCCCCCCC)ccc3C#Cc3ccc(-c4c5nc(cc6ccc(cc7nc(cc8ccc4[nH]8)C=C7)[nH]6)C=C5)cc3)c2)cc1OCCCCCCCC. The minimum Gasteiger partial charge on any atom is -0.492 e. The zero-order valence-electron chi connectivity index (χ0n) is 78.5. The van der Waals surface area contributed by atoms with E-state index in [1.807, 2.05) is 134 Å². The number of hydrogen-bond donors (Lipinski definition) is 4. The van der Waals surface area contributed by atoms with Crippen LogP contribution in [0.25, 0.3) is 115 Å². The predicted octanol–water partition coefficient (Wildman–Crippen LogP) is 28.9. The van der Waals surface area contributed by atoms with Gasteiger partial charge in [-0.3, -0.25) is 0 Å². The lowest BCUT2D eigenvalue weighted by Crippen LogP contribution is -2.03. The summed E-state index contributed by atoms with van der Waals surface area (Å²) in [5.41, 5.74) is 26.3. The normalized spacial score (nSPS) is 11.3. The number of unbranched alkanes of at least 4 members (excludes halogenated alkanes) is 20. The molecule has 0 fully saturated rings. The van der Waals surface area contributed by atoms with Gasteiger partial charge in [-0.25, -0.2) is 19.9 Å². The number of aromatic amines is 4. The fourth-order valence-corrected chi connectivity index (χ4v) is 16.8. The Hall–Kier alpha value is -15.8. The van der Waals surface area contributed by atoms with Gasteiger partial charge in [-0.05, 0) is 243 Å². The Morgan fingerprint density at radius 2 is 0.515 bits per heavy atom. The Balaban J connectivity index is 0.781. The highest BCUT2D eigenvalue weighted by atomic mass is 16.5. The van der Waals surface area contributed by atoms with Crippen LogP contribution in [-0.4, -0.2) is 66.3 Å². The molecule has 0 spiro atoms. The maximum absolute atomic E-state index is 6.60. The van der Waals surface area contributed by atoms with Crippen molar-refractivity contribution < 1.29 is 18.9 Å². The van der Waals surface area contributed by atoms with Crippen molar-refractivity contribution in [3.8, 4) is 141 Å². The van der Waals surface area contributed by atoms with E-state index in [-0.39, 0.29) is 0 Å². The molecule has 136 heavy (non-hydrogen) atoms. The average Bonchev–Trinajstić information content (AvgIpc) is 1.43. The zero-order chi connectivity index (χ0) is 93.3. The second-order valence-electron chi connectivity index (χ2n) is 34.7. The highest BCUT2D eigenvalue weighted by molar-refractivity contribution is 5.93. The number of aromatic nitrogens is 8. The van der Waals surface area contributed by atoms with E-state index in [1.54, 1.807) is 0 Å². The zero-order valence-corrected chi connectivity index (χ0v) is 78.5. The molecule has 0 saturated heterocycles. The van der Waals surface area contributed by atoms with Gasteiger partial charge in [0, 0.05) is 124 Å². The van der Waals surface area contributed by atoms with Gasteiger partial charge in [0.25, 0.3) is 0 Å². The Labute approximate surface area is 802 Å². The van der Waals surface area contributed by atoms with Crippen molar-refractivity contribution in [3.63, 3.8) is 0 Å². The number of ether oxygens (including phenoxy) is 4. The van der Waals surface area contributed by atoms with Gasteiger partial charge in [0.15, 0.2) is 0 Å². The lowest BCUT2D eigenvalue weighted by molar-refractivity contribution is 0.295. The van der Waals surface area contributed by atoms with Crippen LogP contribution in [0.3, 0.4) is 0 Å². The van der Waals surface area contributed by atoms with Crippen LogP contribution in [0, 0.1) is 95.7 Å². The first kappa shape index (κ1) is 93.4. The van der Waals surface area contributed by atoms with E-state index in [9.17, 15) is 0 Å². The standard InChI is InChI=1S/C124H114N8O4/c1-7-13-17-21-25-31-73-133-119-81-101(121(79-93(119)11-5)135-75-33-27-23-19-15-9-3)55-45-91-43-49-95(47-37-89-39-51-97(52-40-89)123-115-69-65-111(129-115)85-107-61-57-103(125-107)83-104-58-62-108(126-104)86-112-66-70-116(123)130-112)99(77-91)35-29-30-36-100-78-92(46-56-102-82-120(134-74-32-26-22-18-14-8-2)94(12-6)80-122(102)136-76-34-28-24-20-16-10-4)44-50-96(100)48-38-90-41-53-98(54-42-90)124-117-71-67-113(131-117)87-109-63-59-105(127-109)84-106-60-64-110(128-106)88-114-68-72-118(124)132-114/h5-6,39-44,49-54,57-72,77-88,125,127,130,132H,7-10,13-28,31-34,73-76H2,1-4H3. The summed E-state index contributed by atoms with van der Waals surface area (Å²) in [6, 6.07) is 65.1. The van der Waals surface area contributed by atoms with Gasteiger partial charge in [0.2, 0.25) is 0 Å². The summed E-state index contributed by atoms with van der Waals surface area (Å²) in [5, 5.41) is 0. The molecule has 0 unspecified atom stereocenters. The van der Waals surface area contributed by atoms with Crippen LogP contribution < -0.4 is 18.9 Å². The van der Waals surface area contributed by atoms with Gasteiger partial charge >= 0.3 is 0 Å². The first-order chi connectivity index (χ1) is 67.0. The molecule has 16 rings (SSSR count). The number of nitrogens with zero attached hydrogens (tertiary/aromatic N) is 4. The molecule has 0 atom stereocenters. The third kappa shape index (κ3) is 26.1. The molecule has 12 aromatic rings. The minimum atomic E-state index is 0.531. The maximum Gasteiger partial charge on any atom is 0.136 e. The second-order valence-corrected chi connectivity index (χ2v) is 34.7. The molecule has 6 aromatic heterocycles. The van der Waals surface area contributed by atoms with E-state index >= 15 is 0 Å². The van der Waals surface area contributed by atoms with Crippen molar-refractivity contribution in [2.75, 3.05) is 26.4 Å². The Morgan fingerprint density at radius 3 is 0.860 bits per heavy atom. The van der Waals surface area contributed by atoms with Crippen LogP contribution in [0.1, 0.15) is 294 Å². The van der Waals surface area contributed by atoms with Gasteiger partial charge in [-0.15, -0.1) is 12.8 Å². The van der Waals surface area contributed by atoms with Crippen LogP contribution in [0.5, 0.6) is 23.0 Å². The van der Waals surface area contributed by atoms with Crippen molar-refractivity contribution >= 4 is 92.7 Å². The number of fused-ring (bicyclic) bond motifs is 16. The fraction of sp³-hybridized carbons (Fsp3) is 0.258. The molecule has 12 heteroatoms. The summed E-state index contributed by atoms with van der Waals surface area (Å²) >= 11 is 0. The lowest BCUT2D eigenvalue weighted by Gasteiger charge is -2.14. The number of terminal acetylenes is 2. The summed E-state index contributed by atoms with van der Waals surface area (Å²) in [4.78, 5) is 34.5. The summed E-state index contributed by atoms with van der Waals surface area (Å²) in [5.74, 6) is 49.8. The molecule has 674 valence electrons. The van der Waals surface area contributed by atoms with E-state index in [0.29, 0.717) is 105 Å². The molecule has 0 aliphatic carbocycles. The van der Waals surface area contributed by atoms with Crippen LogP contribution in [0.15, 0.2) is 194 Å². The smallest absolute Gasteiger partial charge is 0.136 e. The van der Waals surface area contributed by atoms with Gasteiger partial charge in [-0.1, -0.05) is 251 Å². The number of nitrogens with one attached hydrogen (secondary N) is 4. The number of H-pyrrole nitrogens is 4. The van der Waals surface area contributed by atoms with Crippen molar-refractivity contribution in [1.29, 1.82) is 0 Å². The molecular formula is C124H114N8O4. The molecular weight excluding hydrogens is 1670 g/mol. The van der Waals surface area contributed by atoms with Crippen LogP contribution in [-0.2, 0) is 0 Å². The quantitative estimate of drug-likeness (QED) is 0.0230. The molecule has 4 aliphatic heterocycles. The molecule has 16 bridgehead atoms. The fourth-order valence-electron chi connectivity index (χ4n) is 16.8. The molecule has 4 aliphatic rings. The molecule has 0 saturated carbocycles. The molecule has 4 N–H and O–H groups in total. The largest absolute Gasteiger partial charge is 0.492 e. The lowest BCUT2D eigenvalue weighted by atomic mass is 10.0. The summed E-state index contributed by atoms with van der Waals surface area (Å²) < 4.78 is 26.2. The van der Waals surface area contributed by atoms with Crippen LogP contribution in [0.2, 0.25) is 0 Å². The van der Waals surface area contributed by atoms with Gasteiger partial charge < -0.3 is 38.9 Å². The first-order valence-electron chi connectivity index (χ1n) is 48.6. The monoisotopic (exact) mass is 1780 g/mol. The number of hydrogen-bond acceptors (Lipinski definition) is 8. The van der Waals surface area contributed by atoms with Gasteiger partial charge in [-0.2, -0.15) is 0 Å². The Kier molecular flexibility index (Phi) is 33.0. The Morgan fingerprint density at radius 1 is 0.235 bits per heavy atom. The van der Waals surface area contributed by atoms with E-state index in [2.05, 4.69) is 240 Å². The third-order valence-electron chi connectivity index (χ3n) is 24.1. The van der Waals surface area contributed by atoms with Gasteiger partial charge in [0.1, 0.15) is 23.0 Å². The number of rotatable bonds is 34. The highest BCUT2D eigenvalue weighted by Crippen LogP contribution is 2.36. The summed E-state index contributed by atoms with van der Waals surface area (Å²) in [7, 11) is 0. The van der Waals surface area contributed by atoms with Crippen LogP contribution >= 0.6 is 0 Å². The minimum absolute atomic E-state index is 0.531. The van der Waals surface area contributed by atoms with Crippen LogP contribution in [0.4, 0.5) is 0 Å². The third-order valence-corrected chi connectivity index (χ3v) is 24.1. The van der Waals surface area contributed by atoms with E-state index in [4.69, 9.17) is 51.7 Å². The predicted molar refractivity (Wildman–Crippen MR) is 563 cm³/mol. The molecule has 0 radical (unpaired) electrons. The van der Waals surface area contributed by atoms with E-state index in [0.717, 1.165) is 187 Å². The Bertz CT molecular complexity index is 6930. The van der Waals surface area contributed by atoms with Crippen molar-refractivity contribution in [2.24, 2.45) is 0 Å². The number of benzene rings is 6. The molecule has 0 amide bonds. The van der Waals surface area contributed by atoms with Gasteiger partial charge in [0.05, 0.1) is 94.2 Å². The van der Waals surface area contributed by atoms with E-state index < -0.39 is 0 Å². The highest BCUT2D eigenvalue weighted by Gasteiger charge is 2.18. The first-order valence-corrected chi connectivity index (χ1v) is 48.6. The van der Waals surface area contributed by atoms with Crippen molar-refractivity contribution in [1.82, 2.24) is 39.9 Å².